The van der Waals surface area contributed by atoms with Gasteiger partial charge in [0.2, 0.25) is 5.95 Å². The number of anilines is 1. The maximum absolute atomic E-state index is 13.8. The van der Waals surface area contributed by atoms with Gasteiger partial charge in [0, 0.05) is 44.3 Å². The van der Waals surface area contributed by atoms with E-state index in [9.17, 15) is 9.59 Å². The van der Waals surface area contributed by atoms with Crippen LogP contribution in [0.2, 0.25) is 0 Å². The van der Waals surface area contributed by atoms with Gasteiger partial charge in [-0.05, 0) is 95.6 Å². The summed E-state index contributed by atoms with van der Waals surface area (Å²) in [4.78, 5) is 37.3. The van der Waals surface area contributed by atoms with Crippen molar-refractivity contribution in [3.8, 4) is 0 Å². The van der Waals surface area contributed by atoms with Gasteiger partial charge in [-0.2, -0.15) is 0 Å². The molecule has 3 rings (SSSR count). The van der Waals surface area contributed by atoms with Crippen LogP contribution in [0.25, 0.3) is 11.0 Å². The zero-order valence-corrected chi connectivity index (χ0v) is 28.7. The zero-order chi connectivity index (χ0) is 32.1. The summed E-state index contributed by atoms with van der Waals surface area (Å²) in [6.45, 7) is 19.2. The fourth-order valence-electron chi connectivity index (χ4n) is 5.76. The third-order valence-corrected chi connectivity index (χ3v) is 8.65. The predicted molar refractivity (Wildman–Crippen MR) is 181 cm³/mol. The van der Waals surface area contributed by atoms with Crippen LogP contribution in [-0.4, -0.2) is 95.2 Å². The average Bonchev–Trinajstić information content (AvgIpc) is 3.33. The van der Waals surface area contributed by atoms with Crippen LogP contribution >= 0.6 is 0 Å². The van der Waals surface area contributed by atoms with E-state index in [0.29, 0.717) is 31.5 Å². The SMILES string of the molecule is CCCCCN(C)CCCn1c(NC2CCN(C(=O)OCC)CC2)nc2ccc(C(=O)N(CCC(C)C)CCC(C)C)cc21. The van der Waals surface area contributed by atoms with Crippen LogP contribution < -0.4 is 5.32 Å². The minimum atomic E-state index is -0.228. The van der Waals surface area contributed by atoms with Gasteiger partial charge in [-0.15, -0.1) is 0 Å². The molecule has 0 bridgehead atoms. The van der Waals surface area contributed by atoms with Gasteiger partial charge in [0.15, 0.2) is 0 Å². The number of benzene rings is 1. The van der Waals surface area contributed by atoms with E-state index >= 15 is 0 Å². The van der Waals surface area contributed by atoms with Gasteiger partial charge < -0.3 is 29.3 Å². The van der Waals surface area contributed by atoms with Crippen LogP contribution in [0.4, 0.5) is 10.7 Å². The first kappa shape index (κ1) is 35.7. The third kappa shape index (κ3) is 11.0. The Morgan fingerprint density at radius 2 is 1.64 bits per heavy atom. The van der Waals surface area contributed by atoms with Gasteiger partial charge in [-0.3, -0.25) is 4.79 Å². The normalized spacial score (nSPS) is 14.3. The summed E-state index contributed by atoms with van der Waals surface area (Å²) >= 11 is 0. The summed E-state index contributed by atoms with van der Waals surface area (Å²) in [6.07, 6.45) is 8.17. The lowest BCUT2D eigenvalue weighted by molar-refractivity contribution is 0.0740. The number of carbonyl (C=O) groups is 2. The highest BCUT2D eigenvalue weighted by molar-refractivity contribution is 5.97. The molecule has 44 heavy (non-hydrogen) atoms. The number of carbonyl (C=O) groups excluding carboxylic acids is 2. The fraction of sp³-hybridized carbons (Fsp3) is 0.743. The molecular formula is C35H60N6O3. The Bertz CT molecular complexity index is 1140. The summed E-state index contributed by atoms with van der Waals surface area (Å²) in [6, 6.07) is 6.23. The fourth-order valence-corrected chi connectivity index (χ4v) is 5.76. The number of hydrogen-bond donors (Lipinski definition) is 1. The van der Waals surface area contributed by atoms with E-state index in [-0.39, 0.29) is 18.0 Å². The molecule has 1 aromatic heterocycles. The number of nitrogens with one attached hydrogen (secondary N) is 1. The molecule has 0 radical (unpaired) electrons. The molecule has 2 aromatic rings. The molecule has 1 N–H and O–H groups in total. The van der Waals surface area contributed by atoms with Crippen molar-refractivity contribution < 1.29 is 14.3 Å². The predicted octanol–water partition coefficient (Wildman–Crippen LogP) is 7.12. The van der Waals surface area contributed by atoms with Crippen LogP contribution in [0, 0.1) is 11.8 Å². The van der Waals surface area contributed by atoms with Crippen molar-refractivity contribution in [1.29, 1.82) is 0 Å². The number of amides is 2. The zero-order valence-electron chi connectivity index (χ0n) is 28.7. The Labute approximate surface area is 266 Å². The Kier molecular flexibility index (Phi) is 14.8. The molecule has 0 atom stereocenters. The highest BCUT2D eigenvalue weighted by Gasteiger charge is 2.25. The Morgan fingerprint density at radius 1 is 0.977 bits per heavy atom. The van der Waals surface area contributed by atoms with Gasteiger partial charge in [-0.25, -0.2) is 9.78 Å². The molecule has 1 aromatic carbocycles. The third-order valence-electron chi connectivity index (χ3n) is 8.65. The lowest BCUT2D eigenvalue weighted by atomic mass is 10.1. The first-order chi connectivity index (χ1) is 21.1. The molecule has 9 heteroatoms. The minimum absolute atomic E-state index is 0.109. The number of hydrogen-bond acceptors (Lipinski definition) is 6. The van der Waals surface area contributed by atoms with Crippen molar-refractivity contribution in [3.05, 3.63) is 23.8 Å². The number of piperidine rings is 1. The molecular weight excluding hydrogens is 552 g/mol. The second-order valence-electron chi connectivity index (χ2n) is 13.4. The average molecular weight is 613 g/mol. The van der Waals surface area contributed by atoms with Crippen molar-refractivity contribution >= 4 is 29.0 Å². The van der Waals surface area contributed by atoms with Gasteiger partial charge in [0.1, 0.15) is 0 Å². The van der Waals surface area contributed by atoms with E-state index in [1.54, 1.807) is 4.90 Å². The molecule has 2 heterocycles. The number of imidazole rings is 1. The molecule has 0 unspecified atom stereocenters. The maximum atomic E-state index is 13.8. The minimum Gasteiger partial charge on any atom is -0.450 e. The molecule has 0 aliphatic carbocycles. The van der Waals surface area contributed by atoms with Gasteiger partial charge in [-0.1, -0.05) is 47.5 Å². The van der Waals surface area contributed by atoms with Crippen molar-refractivity contribution in [2.45, 2.75) is 105 Å². The molecule has 248 valence electrons. The van der Waals surface area contributed by atoms with E-state index < -0.39 is 0 Å². The monoisotopic (exact) mass is 612 g/mol. The number of fused-ring (bicyclic) bond motifs is 1. The molecule has 1 fully saturated rings. The smallest absolute Gasteiger partial charge is 0.409 e. The molecule has 0 spiro atoms. The van der Waals surface area contributed by atoms with Crippen LogP contribution in [0.1, 0.15) is 103 Å². The summed E-state index contributed by atoms with van der Waals surface area (Å²) in [5.74, 6) is 2.05. The largest absolute Gasteiger partial charge is 0.450 e. The summed E-state index contributed by atoms with van der Waals surface area (Å²) < 4.78 is 7.48. The summed E-state index contributed by atoms with van der Waals surface area (Å²) in [7, 11) is 2.21. The number of aryl methyl sites for hydroxylation is 1. The summed E-state index contributed by atoms with van der Waals surface area (Å²) in [5.41, 5.74) is 2.64. The number of likely N-dealkylation sites (tertiary alicyclic amines) is 1. The summed E-state index contributed by atoms with van der Waals surface area (Å²) in [5, 5.41) is 3.71. The molecule has 1 saturated heterocycles. The number of ether oxygens (including phenoxy) is 1. The number of rotatable bonds is 18. The number of nitrogens with zero attached hydrogens (tertiary/aromatic N) is 5. The van der Waals surface area contributed by atoms with Gasteiger partial charge in [0.05, 0.1) is 17.6 Å². The van der Waals surface area contributed by atoms with Crippen LogP contribution in [-0.2, 0) is 11.3 Å². The van der Waals surface area contributed by atoms with Gasteiger partial charge >= 0.3 is 6.09 Å². The van der Waals surface area contributed by atoms with Crippen LogP contribution in [0.15, 0.2) is 18.2 Å². The number of aromatic nitrogens is 2. The van der Waals surface area contributed by atoms with E-state index in [2.05, 4.69) is 62.5 Å². The van der Waals surface area contributed by atoms with Crippen LogP contribution in [0.3, 0.4) is 0 Å². The first-order valence-electron chi connectivity index (χ1n) is 17.3. The number of unbranched alkanes of at least 4 members (excludes halogenated alkanes) is 2. The maximum Gasteiger partial charge on any atom is 0.409 e. The molecule has 1 aliphatic rings. The molecule has 1 aliphatic heterocycles. The standard InChI is InChI=1S/C35H60N6O3/c1-8-10-11-19-38(7)20-12-21-41-32-26-29(33(42)39(22-15-27(3)4)23-16-28(5)6)13-14-31(32)37-34(41)36-30-17-24-40(25-18-30)35(43)44-9-2/h13-14,26-28,30H,8-12,15-25H2,1-7H3,(H,36,37). The second kappa shape index (κ2) is 18.2. The van der Waals surface area contributed by atoms with Crippen molar-refractivity contribution in [3.63, 3.8) is 0 Å². The van der Waals surface area contributed by atoms with Crippen molar-refractivity contribution in [2.24, 2.45) is 11.8 Å². The highest BCUT2D eigenvalue weighted by atomic mass is 16.6. The van der Waals surface area contributed by atoms with E-state index in [1.165, 1.54) is 19.3 Å². The molecule has 0 saturated carbocycles. The van der Waals surface area contributed by atoms with Crippen molar-refractivity contribution in [2.75, 3.05) is 58.2 Å². The molecule has 2 amide bonds. The lowest BCUT2D eigenvalue weighted by Crippen LogP contribution is -2.42. The Hall–Kier alpha value is -2.81. The van der Waals surface area contributed by atoms with Crippen LogP contribution in [0.5, 0.6) is 0 Å². The van der Waals surface area contributed by atoms with Gasteiger partial charge in [0.25, 0.3) is 5.91 Å². The topological polar surface area (TPSA) is 82.9 Å². The molecule has 9 nitrogen and oxygen atoms in total. The quantitative estimate of drug-likeness (QED) is 0.181. The Balaban J connectivity index is 1.82. The Morgan fingerprint density at radius 3 is 2.25 bits per heavy atom. The highest BCUT2D eigenvalue weighted by Crippen LogP contribution is 2.25. The van der Waals surface area contributed by atoms with Crippen molar-refractivity contribution in [1.82, 2.24) is 24.3 Å². The second-order valence-corrected chi connectivity index (χ2v) is 13.4. The lowest BCUT2D eigenvalue weighted by Gasteiger charge is -2.32. The first-order valence-corrected chi connectivity index (χ1v) is 17.3. The van der Waals surface area contributed by atoms with E-state index in [4.69, 9.17) is 9.72 Å². The van der Waals surface area contributed by atoms with E-state index in [0.717, 1.165) is 87.4 Å². The van der Waals surface area contributed by atoms with E-state index in [1.807, 2.05) is 24.0 Å².